The van der Waals surface area contributed by atoms with E-state index in [-0.39, 0.29) is 29.8 Å². The highest BCUT2D eigenvalue weighted by atomic mass is 127. The molecule has 1 aromatic rings. The van der Waals surface area contributed by atoms with Crippen LogP contribution in [0.3, 0.4) is 0 Å². The number of halogens is 3. The molecule has 0 amide bonds. The van der Waals surface area contributed by atoms with Crippen molar-refractivity contribution in [2.45, 2.75) is 38.1 Å². The van der Waals surface area contributed by atoms with Crippen LogP contribution in [0.15, 0.2) is 27.7 Å². The quantitative estimate of drug-likeness (QED) is 0.414. The fourth-order valence-electron chi connectivity index (χ4n) is 2.33. The molecule has 3 N–H and O–H groups in total. The first kappa shape index (κ1) is 17.7. The second-order valence-electron chi connectivity index (χ2n) is 4.89. The summed E-state index contributed by atoms with van der Waals surface area (Å²) in [6, 6.07) is 5.51. The summed E-state index contributed by atoms with van der Waals surface area (Å²) < 4.78 is 13.6. The van der Waals surface area contributed by atoms with Gasteiger partial charge in [-0.1, -0.05) is 18.9 Å². The van der Waals surface area contributed by atoms with E-state index in [1.165, 1.54) is 31.7 Å². The molecule has 1 aliphatic rings. The van der Waals surface area contributed by atoms with Crippen LogP contribution in [0.4, 0.5) is 4.39 Å². The number of nitrogens with one attached hydrogen (secondary N) is 1. The summed E-state index contributed by atoms with van der Waals surface area (Å²) in [4.78, 5) is 4.31. The van der Waals surface area contributed by atoms with Crippen LogP contribution in [0.25, 0.3) is 0 Å². The highest BCUT2D eigenvalue weighted by Gasteiger charge is 2.14. The minimum absolute atomic E-state index is 0. The van der Waals surface area contributed by atoms with Crippen molar-refractivity contribution in [1.29, 1.82) is 0 Å². The van der Waals surface area contributed by atoms with Crippen LogP contribution >= 0.6 is 39.9 Å². The second kappa shape index (κ2) is 8.81. The Morgan fingerprint density at radius 1 is 1.40 bits per heavy atom. The van der Waals surface area contributed by atoms with Gasteiger partial charge in [-0.25, -0.2) is 4.39 Å². The first-order valence-electron chi connectivity index (χ1n) is 6.65. The molecular formula is C14H20BrFIN3. The molecule has 1 aromatic carbocycles. The Hall–Kier alpha value is -0.370. The van der Waals surface area contributed by atoms with Crippen molar-refractivity contribution in [3.05, 3.63) is 34.1 Å². The first-order chi connectivity index (χ1) is 9.15. The molecule has 0 aromatic heterocycles. The summed E-state index contributed by atoms with van der Waals surface area (Å²) in [5.41, 5.74) is 6.89. The molecule has 3 nitrogen and oxygen atoms in total. The Kier molecular flexibility index (Phi) is 7.79. The van der Waals surface area contributed by atoms with E-state index >= 15 is 0 Å². The molecule has 0 aliphatic heterocycles. The molecule has 112 valence electrons. The fraction of sp³-hybridized carbons (Fsp3) is 0.500. The normalized spacial score (nSPS) is 16.0. The molecular weight excluding hydrogens is 436 g/mol. The third-order valence-electron chi connectivity index (χ3n) is 3.37. The van der Waals surface area contributed by atoms with Gasteiger partial charge in [0, 0.05) is 12.6 Å². The van der Waals surface area contributed by atoms with E-state index in [1.54, 1.807) is 12.1 Å². The first-order valence-corrected chi connectivity index (χ1v) is 7.45. The molecule has 0 bridgehead atoms. The van der Waals surface area contributed by atoms with Crippen LogP contribution < -0.4 is 11.1 Å². The molecule has 0 radical (unpaired) electrons. The predicted octanol–water partition coefficient (Wildman–Crippen LogP) is 3.60. The van der Waals surface area contributed by atoms with Crippen LogP contribution in [0, 0.1) is 5.82 Å². The molecule has 1 saturated carbocycles. The topological polar surface area (TPSA) is 50.4 Å². The Labute approximate surface area is 144 Å². The molecule has 20 heavy (non-hydrogen) atoms. The summed E-state index contributed by atoms with van der Waals surface area (Å²) in [5, 5.41) is 3.24. The van der Waals surface area contributed by atoms with Gasteiger partial charge in [-0.3, -0.25) is 4.99 Å². The van der Waals surface area contributed by atoms with Gasteiger partial charge in [0.1, 0.15) is 5.82 Å². The predicted molar refractivity (Wildman–Crippen MR) is 95.1 cm³/mol. The number of nitrogens with two attached hydrogens (primary N) is 1. The van der Waals surface area contributed by atoms with E-state index in [9.17, 15) is 4.39 Å². The van der Waals surface area contributed by atoms with Crippen LogP contribution in [0.1, 0.15) is 31.2 Å². The Morgan fingerprint density at radius 2 is 2.10 bits per heavy atom. The summed E-state index contributed by atoms with van der Waals surface area (Å²) in [6.45, 7) is 0.615. The highest BCUT2D eigenvalue weighted by Crippen LogP contribution is 2.18. The van der Waals surface area contributed by atoms with E-state index in [2.05, 4.69) is 26.2 Å². The minimum atomic E-state index is -0.241. The molecule has 2 rings (SSSR count). The Morgan fingerprint density at radius 3 is 2.75 bits per heavy atom. The summed E-state index contributed by atoms with van der Waals surface area (Å²) in [7, 11) is 0. The van der Waals surface area contributed by atoms with Gasteiger partial charge >= 0.3 is 0 Å². The van der Waals surface area contributed by atoms with Crippen molar-refractivity contribution in [2.75, 3.05) is 6.54 Å². The van der Waals surface area contributed by atoms with Crippen LogP contribution in [-0.4, -0.2) is 18.5 Å². The van der Waals surface area contributed by atoms with Crippen molar-refractivity contribution in [1.82, 2.24) is 5.32 Å². The van der Waals surface area contributed by atoms with Gasteiger partial charge in [-0.15, -0.1) is 24.0 Å². The number of aliphatic imine (C=N–C) groups is 1. The van der Waals surface area contributed by atoms with Gasteiger partial charge in [0.2, 0.25) is 0 Å². The van der Waals surface area contributed by atoms with E-state index in [0.717, 1.165) is 12.0 Å². The van der Waals surface area contributed by atoms with Crippen molar-refractivity contribution in [2.24, 2.45) is 10.7 Å². The number of rotatable bonds is 4. The monoisotopic (exact) mass is 455 g/mol. The molecule has 1 aliphatic carbocycles. The van der Waals surface area contributed by atoms with E-state index in [1.807, 2.05) is 0 Å². The second-order valence-corrected chi connectivity index (χ2v) is 5.75. The lowest BCUT2D eigenvalue weighted by Gasteiger charge is -2.12. The van der Waals surface area contributed by atoms with Gasteiger partial charge in [0.05, 0.1) is 4.47 Å². The van der Waals surface area contributed by atoms with Gasteiger partial charge in [-0.2, -0.15) is 0 Å². The van der Waals surface area contributed by atoms with Crippen molar-refractivity contribution < 1.29 is 4.39 Å². The third kappa shape index (κ3) is 5.55. The maximum atomic E-state index is 13.1. The molecule has 0 atom stereocenters. The lowest BCUT2D eigenvalue weighted by molar-refractivity contribution is 0.619. The van der Waals surface area contributed by atoms with Gasteiger partial charge < -0.3 is 11.1 Å². The fourth-order valence-corrected chi connectivity index (χ4v) is 2.75. The number of nitrogens with zero attached hydrogens (tertiary/aromatic N) is 1. The number of hydrogen-bond donors (Lipinski definition) is 2. The molecule has 0 saturated heterocycles. The highest BCUT2D eigenvalue weighted by molar-refractivity contribution is 14.0. The van der Waals surface area contributed by atoms with Crippen LogP contribution in [0.5, 0.6) is 0 Å². The van der Waals surface area contributed by atoms with E-state index < -0.39 is 0 Å². The maximum Gasteiger partial charge on any atom is 0.188 e. The molecule has 0 spiro atoms. The summed E-state index contributed by atoms with van der Waals surface area (Å²) in [5.74, 6) is 0.280. The van der Waals surface area contributed by atoms with Crippen molar-refractivity contribution in [3.63, 3.8) is 0 Å². The lowest BCUT2D eigenvalue weighted by atomic mass is 10.1. The number of guanidine groups is 1. The zero-order valence-electron chi connectivity index (χ0n) is 11.2. The van der Waals surface area contributed by atoms with Crippen LogP contribution in [0.2, 0.25) is 0 Å². The number of hydrogen-bond acceptors (Lipinski definition) is 1. The van der Waals surface area contributed by atoms with Crippen molar-refractivity contribution >= 4 is 45.9 Å². The number of benzene rings is 1. The summed E-state index contributed by atoms with van der Waals surface area (Å²) >= 11 is 3.18. The molecule has 0 heterocycles. The van der Waals surface area contributed by atoms with Gasteiger partial charge in [0.25, 0.3) is 0 Å². The average molecular weight is 456 g/mol. The van der Waals surface area contributed by atoms with Gasteiger partial charge in [-0.05, 0) is 52.9 Å². The Bertz CT molecular complexity index is 462. The van der Waals surface area contributed by atoms with Crippen molar-refractivity contribution in [3.8, 4) is 0 Å². The largest absolute Gasteiger partial charge is 0.370 e. The zero-order chi connectivity index (χ0) is 13.7. The third-order valence-corrected chi connectivity index (χ3v) is 3.98. The molecule has 6 heteroatoms. The maximum absolute atomic E-state index is 13.1. The standard InChI is InChI=1S/C14H19BrFN3.HI/c15-12-9-10(5-6-13(12)16)7-8-18-14(17)19-11-3-1-2-4-11;/h5-6,9,11H,1-4,7-8H2,(H3,17,18,19);1H. The smallest absolute Gasteiger partial charge is 0.188 e. The summed E-state index contributed by atoms with van der Waals surface area (Å²) in [6.07, 6.45) is 5.66. The Balaban J connectivity index is 0.00000200. The lowest BCUT2D eigenvalue weighted by Crippen LogP contribution is -2.38. The van der Waals surface area contributed by atoms with Gasteiger partial charge in [0.15, 0.2) is 5.96 Å². The average Bonchev–Trinajstić information content (AvgIpc) is 2.86. The SMILES string of the molecule is I.NC(=NCCc1ccc(F)c(Br)c1)NC1CCCC1. The minimum Gasteiger partial charge on any atom is -0.370 e. The molecule has 0 unspecified atom stereocenters. The zero-order valence-corrected chi connectivity index (χ0v) is 15.2. The van der Waals surface area contributed by atoms with E-state index in [4.69, 9.17) is 5.73 Å². The van der Waals surface area contributed by atoms with Crippen LogP contribution in [-0.2, 0) is 6.42 Å². The van der Waals surface area contributed by atoms with E-state index in [0.29, 0.717) is 23.0 Å². The molecule has 1 fully saturated rings.